The summed E-state index contributed by atoms with van der Waals surface area (Å²) in [5.41, 5.74) is 7.40. The van der Waals surface area contributed by atoms with Crippen molar-refractivity contribution in [1.29, 1.82) is 0 Å². The Morgan fingerprint density at radius 3 is 2.59 bits per heavy atom. The molecule has 1 rings (SSSR count). The van der Waals surface area contributed by atoms with Crippen molar-refractivity contribution in [3.05, 3.63) is 28.8 Å². The fourth-order valence-electron chi connectivity index (χ4n) is 1.54. The molecule has 17 heavy (non-hydrogen) atoms. The highest BCUT2D eigenvalue weighted by Crippen LogP contribution is 2.26. The van der Waals surface area contributed by atoms with Crippen LogP contribution >= 0.6 is 23.8 Å². The number of hydrogen-bond acceptors (Lipinski definition) is 2. The standard InChI is InChI=1S/C13H19ClN2S/c1-9(2)6-7-16(3)12-5-4-10(13(15)17)8-11(12)14/h4-5,8-9H,6-7H2,1-3H3,(H2,15,17). The normalized spacial score (nSPS) is 10.6. The highest BCUT2D eigenvalue weighted by molar-refractivity contribution is 7.80. The van der Waals surface area contributed by atoms with Gasteiger partial charge in [0.2, 0.25) is 0 Å². The van der Waals surface area contributed by atoms with E-state index in [2.05, 4.69) is 18.7 Å². The van der Waals surface area contributed by atoms with E-state index >= 15 is 0 Å². The molecule has 0 unspecified atom stereocenters. The number of nitrogens with zero attached hydrogens (tertiary/aromatic N) is 1. The molecule has 0 fully saturated rings. The first-order valence-corrected chi connectivity index (χ1v) is 6.51. The highest BCUT2D eigenvalue weighted by Gasteiger charge is 2.08. The molecule has 0 heterocycles. The van der Waals surface area contributed by atoms with Crippen LogP contribution in [-0.4, -0.2) is 18.6 Å². The third-order valence-corrected chi connectivity index (χ3v) is 3.22. The van der Waals surface area contributed by atoms with Gasteiger partial charge >= 0.3 is 0 Å². The largest absolute Gasteiger partial charge is 0.389 e. The molecule has 0 aromatic heterocycles. The molecule has 0 spiro atoms. The SMILES string of the molecule is CC(C)CCN(C)c1ccc(C(N)=S)cc1Cl. The van der Waals surface area contributed by atoms with Crippen LogP contribution in [-0.2, 0) is 0 Å². The lowest BCUT2D eigenvalue weighted by Gasteiger charge is -2.22. The summed E-state index contributed by atoms with van der Waals surface area (Å²) >= 11 is 11.1. The first kappa shape index (κ1) is 14.3. The van der Waals surface area contributed by atoms with E-state index in [1.54, 1.807) is 0 Å². The lowest BCUT2D eigenvalue weighted by Crippen LogP contribution is -2.20. The van der Waals surface area contributed by atoms with Gasteiger partial charge in [-0.05, 0) is 30.5 Å². The number of hydrogen-bond donors (Lipinski definition) is 1. The van der Waals surface area contributed by atoms with Gasteiger partial charge < -0.3 is 10.6 Å². The van der Waals surface area contributed by atoms with E-state index in [0.29, 0.717) is 15.9 Å². The Labute approximate surface area is 114 Å². The fourth-order valence-corrected chi connectivity index (χ4v) is 1.99. The van der Waals surface area contributed by atoms with Crippen LogP contribution in [0.5, 0.6) is 0 Å². The molecule has 4 heteroatoms. The van der Waals surface area contributed by atoms with Crippen molar-refractivity contribution in [2.24, 2.45) is 11.7 Å². The minimum absolute atomic E-state index is 0.378. The molecule has 0 aliphatic rings. The Hall–Kier alpha value is -0.800. The van der Waals surface area contributed by atoms with E-state index in [1.165, 1.54) is 0 Å². The van der Waals surface area contributed by atoms with Gasteiger partial charge in [-0.3, -0.25) is 0 Å². The van der Waals surface area contributed by atoms with Gasteiger partial charge in [0.25, 0.3) is 0 Å². The van der Waals surface area contributed by atoms with Crippen molar-refractivity contribution >= 4 is 34.5 Å². The van der Waals surface area contributed by atoms with Crippen molar-refractivity contribution < 1.29 is 0 Å². The van der Waals surface area contributed by atoms with Crippen LogP contribution in [0.15, 0.2) is 18.2 Å². The highest BCUT2D eigenvalue weighted by atomic mass is 35.5. The Kier molecular flexibility index (Phi) is 5.22. The van der Waals surface area contributed by atoms with Gasteiger partial charge in [0.1, 0.15) is 4.99 Å². The summed E-state index contributed by atoms with van der Waals surface area (Å²) in [6.45, 7) is 5.42. The molecule has 0 atom stereocenters. The molecule has 2 N–H and O–H groups in total. The van der Waals surface area contributed by atoms with Gasteiger partial charge in [0, 0.05) is 19.2 Å². The smallest absolute Gasteiger partial charge is 0.104 e. The molecule has 0 radical (unpaired) electrons. The molecule has 1 aromatic carbocycles. The zero-order valence-electron chi connectivity index (χ0n) is 10.5. The number of nitrogens with two attached hydrogens (primary N) is 1. The van der Waals surface area contributed by atoms with E-state index in [-0.39, 0.29) is 0 Å². The lowest BCUT2D eigenvalue weighted by molar-refractivity contribution is 0.585. The van der Waals surface area contributed by atoms with Crippen molar-refractivity contribution in [1.82, 2.24) is 0 Å². The van der Waals surface area contributed by atoms with Crippen molar-refractivity contribution in [3.8, 4) is 0 Å². The average molecular weight is 271 g/mol. The summed E-state index contributed by atoms with van der Waals surface area (Å²) < 4.78 is 0. The Morgan fingerprint density at radius 1 is 1.47 bits per heavy atom. The molecule has 0 saturated carbocycles. The van der Waals surface area contributed by atoms with E-state index in [0.717, 1.165) is 24.2 Å². The molecule has 94 valence electrons. The molecule has 0 saturated heterocycles. The maximum Gasteiger partial charge on any atom is 0.104 e. The zero-order valence-corrected chi connectivity index (χ0v) is 12.1. The van der Waals surface area contributed by atoms with E-state index in [1.807, 2.05) is 25.2 Å². The van der Waals surface area contributed by atoms with Crippen LogP contribution in [0.2, 0.25) is 5.02 Å². The molecule has 1 aromatic rings. The monoisotopic (exact) mass is 270 g/mol. The van der Waals surface area contributed by atoms with Gasteiger partial charge in [-0.2, -0.15) is 0 Å². The van der Waals surface area contributed by atoms with Crippen LogP contribution in [0.1, 0.15) is 25.8 Å². The maximum atomic E-state index is 6.23. The van der Waals surface area contributed by atoms with Gasteiger partial charge in [-0.1, -0.05) is 37.7 Å². The zero-order chi connectivity index (χ0) is 13.0. The summed E-state index contributed by atoms with van der Waals surface area (Å²) in [7, 11) is 2.05. The Bertz CT molecular complexity index is 404. The van der Waals surface area contributed by atoms with Crippen LogP contribution in [0.3, 0.4) is 0 Å². The summed E-state index contributed by atoms with van der Waals surface area (Å²) in [5, 5.41) is 0.696. The molecule has 0 amide bonds. The number of rotatable bonds is 5. The van der Waals surface area contributed by atoms with Gasteiger partial charge in [-0.25, -0.2) is 0 Å². The van der Waals surface area contributed by atoms with Crippen molar-refractivity contribution in [3.63, 3.8) is 0 Å². The molecule has 2 nitrogen and oxygen atoms in total. The Balaban J connectivity index is 2.81. The minimum Gasteiger partial charge on any atom is -0.389 e. The summed E-state index contributed by atoms with van der Waals surface area (Å²) in [6.07, 6.45) is 1.14. The van der Waals surface area contributed by atoms with Crippen LogP contribution in [0.25, 0.3) is 0 Å². The predicted molar refractivity (Wildman–Crippen MR) is 80.1 cm³/mol. The molecule has 0 aliphatic heterocycles. The van der Waals surface area contributed by atoms with Gasteiger partial charge in [0.05, 0.1) is 10.7 Å². The number of halogens is 1. The van der Waals surface area contributed by atoms with Crippen LogP contribution in [0, 0.1) is 5.92 Å². The summed E-state index contributed by atoms with van der Waals surface area (Å²) in [4.78, 5) is 2.54. The minimum atomic E-state index is 0.378. The first-order valence-electron chi connectivity index (χ1n) is 5.72. The molecule has 0 bridgehead atoms. The topological polar surface area (TPSA) is 29.3 Å². The van der Waals surface area contributed by atoms with Gasteiger partial charge in [0.15, 0.2) is 0 Å². The van der Waals surface area contributed by atoms with Crippen molar-refractivity contribution in [2.45, 2.75) is 20.3 Å². The Morgan fingerprint density at radius 2 is 2.12 bits per heavy atom. The van der Waals surface area contributed by atoms with E-state index in [9.17, 15) is 0 Å². The summed E-state index contributed by atoms with van der Waals surface area (Å²) in [6, 6.07) is 5.71. The van der Waals surface area contributed by atoms with E-state index in [4.69, 9.17) is 29.6 Å². The van der Waals surface area contributed by atoms with Gasteiger partial charge in [-0.15, -0.1) is 0 Å². The number of benzene rings is 1. The average Bonchev–Trinajstić information content (AvgIpc) is 2.25. The number of anilines is 1. The number of thiocarbonyl (C=S) groups is 1. The maximum absolute atomic E-state index is 6.23. The molecular formula is C13H19ClN2S. The quantitative estimate of drug-likeness (QED) is 0.831. The first-order chi connectivity index (χ1) is 7.91. The second-order valence-electron chi connectivity index (χ2n) is 4.63. The summed E-state index contributed by atoms with van der Waals surface area (Å²) in [5.74, 6) is 0.687. The fraction of sp³-hybridized carbons (Fsp3) is 0.462. The molecule has 0 aliphatic carbocycles. The third-order valence-electron chi connectivity index (χ3n) is 2.69. The van der Waals surface area contributed by atoms with E-state index < -0.39 is 0 Å². The lowest BCUT2D eigenvalue weighted by atomic mass is 10.1. The van der Waals surface area contributed by atoms with Crippen LogP contribution in [0.4, 0.5) is 5.69 Å². The van der Waals surface area contributed by atoms with Crippen LogP contribution < -0.4 is 10.6 Å². The second kappa shape index (κ2) is 6.22. The third kappa shape index (κ3) is 4.17. The molecular weight excluding hydrogens is 252 g/mol. The second-order valence-corrected chi connectivity index (χ2v) is 5.48. The van der Waals surface area contributed by atoms with Crippen molar-refractivity contribution in [2.75, 3.05) is 18.5 Å². The predicted octanol–water partition coefficient (Wildman–Crippen LogP) is 3.46.